The van der Waals surface area contributed by atoms with Gasteiger partial charge in [0, 0.05) is 6.42 Å². The SMILES string of the molecule is O=C(O)C(O)Cc1ccccc1OCC1CC1. The monoisotopic (exact) mass is 236 g/mol. The van der Waals surface area contributed by atoms with Crippen LogP contribution in [0.25, 0.3) is 0 Å². The van der Waals surface area contributed by atoms with Crippen LogP contribution in [0.15, 0.2) is 24.3 Å². The van der Waals surface area contributed by atoms with Crippen molar-refractivity contribution in [3.63, 3.8) is 0 Å². The minimum atomic E-state index is -1.37. The Morgan fingerprint density at radius 2 is 2.12 bits per heavy atom. The number of benzene rings is 1. The number of para-hydroxylation sites is 1. The molecule has 0 aromatic heterocycles. The molecule has 92 valence electrons. The molecule has 1 unspecified atom stereocenters. The lowest BCUT2D eigenvalue weighted by Crippen LogP contribution is -2.22. The molecule has 4 heteroatoms. The van der Waals surface area contributed by atoms with Gasteiger partial charge < -0.3 is 14.9 Å². The summed E-state index contributed by atoms with van der Waals surface area (Å²) in [5.74, 6) is 0.120. The van der Waals surface area contributed by atoms with Crippen LogP contribution in [-0.4, -0.2) is 28.9 Å². The van der Waals surface area contributed by atoms with Crippen molar-refractivity contribution in [2.75, 3.05) is 6.61 Å². The molecule has 1 atom stereocenters. The fraction of sp³-hybridized carbons (Fsp3) is 0.462. The maximum absolute atomic E-state index is 10.6. The van der Waals surface area contributed by atoms with E-state index in [0.717, 1.165) is 5.56 Å². The molecule has 2 N–H and O–H groups in total. The van der Waals surface area contributed by atoms with Crippen LogP contribution < -0.4 is 4.74 Å². The van der Waals surface area contributed by atoms with Crippen molar-refractivity contribution in [1.82, 2.24) is 0 Å². The first-order valence-electron chi connectivity index (χ1n) is 5.78. The van der Waals surface area contributed by atoms with Crippen LogP contribution in [0.4, 0.5) is 0 Å². The summed E-state index contributed by atoms with van der Waals surface area (Å²) in [6.45, 7) is 0.681. The first-order chi connectivity index (χ1) is 8.16. The van der Waals surface area contributed by atoms with Crippen LogP contribution in [0.1, 0.15) is 18.4 Å². The Bertz CT molecular complexity index is 398. The first-order valence-corrected chi connectivity index (χ1v) is 5.78. The second-order valence-corrected chi connectivity index (χ2v) is 4.42. The number of carbonyl (C=O) groups is 1. The summed E-state index contributed by atoms with van der Waals surface area (Å²) >= 11 is 0. The van der Waals surface area contributed by atoms with Gasteiger partial charge in [-0.2, -0.15) is 0 Å². The Morgan fingerprint density at radius 3 is 2.76 bits per heavy atom. The molecule has 1 fully saturated rings. The summed E-state index contributed by atoms with van der Waals surface area (Å²) in [4.78, 5) is 10.6. The van der Waals surface area contributed by atoms with Gasteiger partial charge in [-0.25, -0.2) is 4.79 Å². The molecule has 0 heterocycles. The van der Waals surface area contributed by atoms with E-state index in [0.29, 0.717) is 18.3 Å². The number of rotatable bonds is 6. The number of carboxylic acids is 1. The molecule has 1 aromatic carbocycles. The van der Waals surface area contributed by atoms with E-state index in [4.69, 9.17) is 9.84 Å². The highest BCUT2D eigenvalue weighted by Gasteiger charge is 2.23. The topological polar surface area (TPSA) is 66.8 Å². The second kappa shape index (κ2) is 5.19. The highest BCUT2D eigenvalue weighted by atomic mass is 16.5. The van der Waals surface area contributed by atoms with Crippen molar-refractivity contribution < 1.29 is 19.7 Å². The van der Waals surface area contributed by atoms with Crippen LogP contribution in [0.2, 0.25) is 0 Å². The number of aliphatic carboxylic acids is 1. The summed E-state index contributed by atoms with van der Waals surface area (Å²) in [7, 11) is 0. The standard InChI is InChI=1S/C13H16O4/c14-11(13(15)16)7-10-3-1-2-4-12(10)17-8-9-5-6-9/h1-4,9,11,14H,5-8H2,(H,15,16). The van der Waals surface area contributed by atoms with Gasteiger partial charge in [0.15, 0.2) is 6.10 Å². The van der Waals surface area contributed by atoms with Gasteiger partial charge in [0.05, 0.1) is 6.61 Å². The normalized spacial score (nSPS) is 16.5. The number of carboxylic acid groups (broad SMARTS) is 1. The third-order valence-electron chi connectivity index (χ3n) is 2.84. The molecule has 0 bridgehead atoms. The molecule has 0 radical (unpaired) electrons. The van der Waals surface area contributed by atoms with Gasteiger partial charge in [0.25, 0.3) is 0 Å². The largest absolute Gasteiger partial charge is 0.493 e. The molecule has 0 aliphatic heterocycles. The van der Waals surface area contributed by atoms with Gasteiger partial charge in [0.1, 0.15) is 5.75 Å². The summed E-state index contributed by atoms with van der Waals surface area (Å²) in [5.41, 5.74) is 0.739. The van der Waals surface area contributed by atoms with Crippen molar-refractivity contribution in [1.29, 1.82) is 0 Å². The van der Waals surface area contributed by atoms with E-state index < -0.39 is 12.1 Å². The quantitative estimate of drug-likeness (QED) is 0.784. The number of aliphatic hydroxyl groups is 1. The fourth-order valence-corrected chi connectivity index (χ4v) is 1.60. The minimum Gasteiger partial charge on any atom is -0.493 e. The average molecular weight is 236 g/mol. The predicted octanol–water partition coefficient (Wildman–Crippen LogP) is 1.46. The Hall–Kier alpha value is -1.55. The van der Waals surface area contributed by atoms with E-state index in [-0.39, 0.29) is 6.42 Å². The third-order valence-corrected chi connectivity index (χ3v) is 2.84. The van der Waals surface area contributed by atoms with E-state index in [1.807, 2.05) is 18.2 Å². The number of hydrogen-bond acceptors (Lipinski definition) is 3. The molecule has 17 heavy (non-hydrogen) atoms. The average Bonchev–Trinajstić information content (AvgIpc) is 3.11. The molecule has 0 spiro atoms. The Kier molecular flexibility index (Phi) is 3.64. The molecule has 1 saturated carbocycles. The second-order valence-electron chi connectivity index (χ2n) is 4.42. The maximum Gasteiger partial charge on any atom is 0.332 e. The molecule has 0 amide bonds. The highest BCUT2D eigenvalue weighted by molar-refractivity contribution is 5.72. The number of aliphatic hydroxyl groups excluding tert-OH is 1. The molecular weight excluding hydrogens is 220 g/mol. The van der Waals surface area contributed by atoms with Crippen LogP contribution in [-0.2, 0) is 11.2 Å². The molecule has 0 saturated heterocycles. The lowest BCUT2D eigenvalue weighted by atomic mass is 10.1. The Labute approximate surface area is 99.8 Å². The zero-order chi connectivity index (χ0) is 12.3. The lowest BCUT2D eigenvalue weighted by Gasteiger charge is -2.12. The fourth-order valence-electron chi connectivity index (χ4n) is 1.60. The van der Waals surface area contributed by atoms with Crippen molar-refractivity contribution >= 4 is 5.97 Å². The van der Waals surface area contributed by atoms with Gasteiger partial charge in [0.2, 0.25) is 0 Å². The van der Waals surface area contributed by atoms with Crippen LogP contribution in [0.5, 0.6) is 5.75 Å². The number of hydrogen-bond donors (Lipinski definition) is 2. The van der Waals surface area contributed by atoms with Crippen molar-refractivity contribution in [2.45, 2.75) is 25.4 Å². The minimum absolute atomic E-state index is 0.0795. The van der Waals surface area contributed by atoms with Crippen LogP contribution >= 0.6 is 0 Å². The smallest absolute Gasteiger partial charge is 0.332 e. The zero-order valence-electron chi connectivity index (χ0n) is 9.50. The van der Waals surface area contributed by atoms with Crippen molar-refractivity contribution in [3.05, 3.63) is 29.8 Å². The van der Waals surface area contributed by atoms with E-state index in [9.17, 15) is 9.90 Å². The van der Waals surface area contributed by atoms with E-state index >= 15 is 0 Å². The van der Waals surface area contributed by atoms with Crippen LogP contribution in [0, 0.1) is 5.92 Å². The molecule has 1 aliphatic rings. The summed E-state index contributed by atoms with van der Waals surface area (Å²) < 4.78 is 5.64. The van der Waals surface area contributed by atoms with Gasteiger partial charge in [-0.3, -0.25) is 0 Å². The van der Waals surface area contributed by atoms with Crippen molar-refractivity contribution in [3.8, 4) is 5.75 Å². The van der Waals surface area contributed by atoms with Crippen molar-refractivity contribution in [2.24, 2.45) is 5.92 Å². The predicted molar refractivity (Wildman–Crippen MR) is 62.0 cm³/mol. The molecular formula is C13H16O4. The zero-order valence-corrected chi connectivity index (χ0v) is 9.50. The molecule has 1 aliphatic carbocycles. The van der Waals surface area contributed by atoms with Gasteiger partial charge in [-0.05, 0) is 30.4 Å². The van der Waals surface area contributed by atoms with E-state index in [1.165, 1.54) is 12.8 Å². The molecule has 1 aromatic rings. The van der Waals surface area contributed by atoms with E-state index in [1.54, 1.807) is 6.07 Å². The Balaban J connectivity index is 2.00. The van der Waals surface area contributed by atoms with E-state index in [2.05, 4.69) is 0 Å². The van der Waals surface area contributed by atoms with Gasteiger partial charge >= 0.3 is 5.97 Å². The van der Waals surface area contributed by atoms with Gasteiger partial charge in [-0.1, -0.05) is 18.2 Å². The Morgan fingerprint density at radius 1 is 1.41 bits per heavy atom. The molecule has 2 rings (SSSR count). The summed E-state index contributed by atoms with van der Waals surface area (Å²) in [6.07, 6.45) is 1.12. The highest BCUT2D eigenvalue weighted by Crippen LogP contribution is 2.30. The summed E-state index contributed by atoms with van der Waals surface area (Å²) in [5, 5.41) is 18.0. The number of ether oxygens (including phenoxy) is 1. The maximum atomic E-state index is 10.6. The lowest BCUT2D eigenvalue weighted by molar-refractivity contribution is -0.146. The first kappa shape index (κ1) is 11.9. The van der Waals surface area contributed by atoms with Crippen LogP contribution in [0.3, 0.4) is 0 Å². The third kappa shape index (κ3) is 3.46. The summed E-state index contributed by atoms with van der Waals surface area (Å²) in [6, 6.07) is 7.26. The molecule has 4 nitrogen and oxygen atoms in total. The van der Waals surface area contributed by atoms with Gasteiger partial charge in [-0.15, -0.1) is 0 Å².